The van der Waals surface area contributed by atoms with E-state index in [1.54, 1.807) is 35.3 Å². The molecule has 6 nitrogen and oxygen atoms in total. The van der Waals surface area contributed by atoms with Gasteiger partial charge >= 0.3 is 6.18 Å². The zero-order valence-corrected chi connectivity index (χ0v) is 14.4. The maximum Gasteiger partial charge on any atom is 0.407 e. The van der Waals surface area contributed by atoms with Gasteiger partial charge in [0.1, 0.15) is 17.6 Å². The van der Waals surface area contributed by atoms with Crippen molar-refractivity contribution < 1.29 is 17.6 Å². The number of nitrogens with one attached hydrogen (secondary N) is 3. The lowest BCUT2D eigenvalue weighted by Crippen LogP contribution is -2.43. The minimum Gasteiger partial charge on any atom is -0.332 e. The van der Waals surface area contributed by atoms with E-state index >= 15 is 0 Å². The summed E-state index contributed by atoms with van der Waals surface area (Å²) in [5.74, 6) is -0.308. The summed E-state index contributed by atoms with van der Waals surface area (Å²) in [5.41, 5.74) is 9.43. The van der Waals surface area contributed by atoms with Crippen LogP contribution in [0, 0.1) is 5.82 Å². The minimum atomic E-state index is -4.42. The van der Waals surface area contributed by atoms with E-state index in [0.29, 0.717) is 23.5 Å². The van der Waals surface area contributed by atoms with Crippen molar-refractivity contribution >= 4 is 0 Å². The van der Waals surface area contributed by atoms with Crippen LogP contribution in [0.1, 0.15) is 17.2 Å². The third kappa shape index (κ3) is 3.88. The molecule has 0 amide bonds. The second kappa shape index (κ2) is 7.30. The number of hydrazine groups is 2. The quantitative estimate of drug-likeness (QED) is 0.596. The molecule has 10 heteroatoms. The van der Waals surface area contributed by atoms with Crippen LogP contribution < -0.4 is 16.4 Å². The lowest BCUT2D eigenvalue weighted by Gasteiger charge is -2.21. The Bertz CT molecular complexity index is 953. The van der Waals surface area contributed by atoms with Crippen molar-refractivity contribution in [2.45, 2.75) is 24.8 Å². The summed E-state index contributed by atoms with van der Waals surface area (Å²) in [6.45, 7) is 0.487. The van der Waals surface area contributed by atoms with E-state index in [1.165, 1.54) is 24.4 Å². The molecule has 2 aromatic heterocycles. The third-order valence-electron chi connectivity index (χ3n) is 4.46. The highest BCUT2D eigenvalue weighted by Crippen LogP contribution is 2.32. The smallest absolute Gasteiger partial charge is 0.332 e. The topological polar surface area (TPSA) is 66.8 Å². The molecule has 1 aliphatic rings. The molecular weight excluding hydrogens is 376 g/mol. The molecular formula is C18H16F4N6. The molecule has 1 fully saturated rings. The van der Waals surface area contributed by atoms with Gasteiger partial charge in [0.25, 0.3) is 0 Å². The largest absolute Gasteiger partial charge is 0.407 e. The highest BCUT2D eigenvalue weighted by molar-refractivity contribution is 5.54. The second-order valence-corrected chi connectivity index (χ2v) is 6.44. The molecule has 1 aromatic carbocycles. The molecule has 1 saturated heterocycles. The van der Waals surface area contributed by atoms with Crippen LogP contribution in [0.25, 0.3) is 11.4 Å². The van der Waals surface area contributed by atoms with Crippen LogP contribution in [0.4, 0.5) is 17.6 Å². The zero-order chi connectivity index (χ0) is 19.7. The number of pyridine rings is 1. The zero-order valence-electron chi connectivity index (χ0n) is 14.4. The number of imidazole rings is 1. The van der Waals surface area contributed by atoms with Crippen LogP contribution >= 0.6 is 0 Å². The van der Waals surface area contributed by atoms with E-state index in [0.717, 1.165) is 5.56 Å². The third-order valence-corrected chi connectivity index (χ3v) is 4.46. The normalized spacial score (nSPS) is 19.9. The lowest BCUT2D eigenvalue weighted by atomic mass is 10.0. The number of hydrogen-bond acceptors (Lipinski definition) is 5. The molecule has 3 N–H and O–H groups in total. The average molecular weight is 392 g/mol. The van der Waals surface area contributed by atoms with Gasteiger partial charge in [-0.15, -0.1) is 0 Å². The highest BCUT2D eigenvalue weighted by atomic mass is 19.4. The molecule has 0 saturated carbocycles. The number of benzene rings is 1. The summed E-state index contributed by atoms with van der Waals surface area (Å²) in [7, 11) is 0. The number of rotatable bonds is 4. The van der Waals surface area contributed by atoms with Crippen LogP contribution in [0.2, 0.25) is 0 Å². The Morgan fingerprint density at radius 1 is 1.00 bits per heavy atom. The monoisotopic (exact) mass is 392 g/mol. The molecule has 3 aromatic rings. The van der Waals surface area contributed by atoms with Gasteiger partial charge in [-0.3, -0.25) is 4.98 Å². The van der Waals surface area contributed by atoms with Gasteiger partial charge in [0.05, 0.1) is 18.1 Å². The Morgan fingerprint density at radius 3 is 2.54 bits per heavy atom. The number of alkyl halides is 3. The van der Waals surface area contributed by atoms with Gasteiger partial charge in [-0.25, -0.2) is 20.2 Å². The molecule has 2 atom stereocenters. The summed E-state index contributed by atoms with van der Waals surface area (Å²) in [4.78, 5) is 8.51. The van der Waals surface area contributed by atoms with Crippen LogP contribution in [0.5, 0.6) is 0 Å². The van der Waals surface area contributed by atoms with Gasteiger partial charge in [-0.1, -0.05) is 12.1 Å². The van der Waals surface area contributed by atoms with E-state index in [4.69, 9.17) is 0 Å². The Labute approximate surface area is 157 Å². The Balaban J connectivity index is 1.55. The molecule has 28 heavy (non-hydrogen) atoms. The van der Waals surface area contributed by atoms with Crippen LogP contribution in [0.15, 0.2) is 55.1 Å². The van der Waals surface area contributed by atoms with Crippen LogP contribution in [-0.2, 0) is 6.54 Å². The number of halogens is 4. The predicted molar refractivity (Wildman–Crippen MR) is 93.0 cm³/mol. The van der Waals surface area contributed by atoms with Gasteiger partial charge in [0, 0.05) is 18.9 Å². The second-order valence-electron chi connectivity index (χ2n) is 6.44. The maximum atomic E-state index is 13.2. The summed E-state index contributed by atoms with van der Waals surface area (Å²) in [6.07, 6.45) is 0.385. The summed E-state index contributed by atoms with van der Waals surface area (Å²) in [5, 5.41) is 0. The molecule has 0 bridgehead atoms. The van der Waals surface area contributed by atoms with Gasteiger partial charge < -0.3 is 4.57 Å². The standard InChI is InChI=1S/C18H16F4N6/c19-13-3-1-11(2-4-13)8-28-9-15(24-10-28)14-7-12(5-6-23-14)16-17(18(20,21)22)26-27-25-16/h1-7,9-10,16-17,25-27H,8H2. The fourth-order valence-corrected chi connectivity index (χ4v) is 3.07. The Hall–Kier alpha value is -2.82. The van der Waals surface area contributed by atoms with E-state index < -0.39 is 18.3 Å². The van der Waals surface area contributed by atoms with Crippen molar-refractivity contribution in [2.24, 2.45) is 0 Å². The van der Waals surface area contributed by atoms with Crippen molar-refractivity contribution in [3.05, 3.63) is 72.1 Å². The first kappa shape index (κ1) is 18.5. The van der Waals surface area contributed by atoms with E-state index in [-0.39, 0.29) is 5.82 Å². The van der Waals surface area contributed by atoms with Gasteiger partial charge in [0.2, 0.25) is 0 Å². The molecule has 1 aliphatic heterocycles. The first-order chi connectivity index (χ1) is 13.4. The first-order valence-electron chi connectivity index (χ1n) is 8.45. The highest BCUT2D eigenvalue weighted by Gasteiger charge is 2.48. The van der Waals surface area contributed by atoms with Crippen molar-refractivity contribution in [1.29, 1.82) is 0 Å². The Kier molecular flexibility index (Phi) is 4.84. The van der Waals surface area contributed by atoms with Crippen molar-refractivity contribution in [3.63, 3.8) is 0 Å². The fourth-order valence-electron chi connectivity index (χ4n) is 3.07. The van der Waals surface area contributed by atoms with Crippen LogP contribution in [0.3, 0.4) is 0 Å². The summed E-state index contributed by atoms with van der Waals surface area (Å²) < 4.78 is 54.3. The van der Waals surface area contributed by atoms with E-state index in [2.05, 4.69) is 26.4 Å². The molecule has 2 unspecified atom stereocenters. The van der Waals surface area contributed by atoms with Crippen LogP contribution in [-0.4, -0.2) is 26.8 Å². The summed E-state index contributed by atoms with van der Waals surface area (Å²) >= 11 is 0. The molecule has 4 rings (SSSR count). The van der Waals surface area contributed by atoms with Crippen molar-refractivity contribution in [2.75, 3.05) is 0 Å². The number of aromatic nitrogens is 3. The van der Waals surface area contributed by atoms with Crippen molar-refractivity contribution in [3.8, 4) is 11.4 Å². The molecule has 0 aliphatic carbocycles. The molecule has 0 radical (unpaired) electrons. The molecule has 146 valence electrons. The lowest BCUT2D eigenvalue weighted by molar-refractivity contribution is -0.156. The fraction of sp³-hybridized carbons (Fsp3) is 0.222. The predicted octanol–water partition coefficient (Wildman–Crippen LogP) is 2.72. The maximum absolute atomic E-state index is 13.2. The average Bonchev–Trinajstić information content (AvgIpc) is 3.33. The van der Waals surface area contributed by atoms with E-state index in [1.807, 2.05) is 0 Å². The Morgan fingerprint density at radius 2 is 1.79 bits per heavy atom. The SMILES string of the molecule is Fc1ccc(Cn2cnc(-c3cc(C4NNNC4C(F)(F)F)ccn3)c2)cc1. The molecule has 3 heterocycles. The minimum absolute atomic E-state index is 0.308. The first-order valence-corrected chi connectivity index (χ1v) is 8.45. The van der Waals surface area contributed by atoms with Gasteiger partial charge in [-0.2, -0.15) is 18.7 Å². The van der Waals surface area contributed by atoms with Gasteiger partial charge in [0.15, 0.2) is 0 Å². The van der Waals surface area contributed by atoms with Crippen molar-refractivity contribution in [1.82, 2.24) is 30.9 Å². The van der Waals surface area contributed by atoms with E-state index in [9.17, 15) is 17.6 Å². The number of nitrogens with zero attached hydrogens (tertiary/aromatic N) is 3. The van der Waals surface area contributed by atoms with Gasteiger partial charge in [-0.05, 0) is 35.4 Å². The summed E-state index contributed by atoms with van der Waals surface area (Å²) in [6, 6.07) is 6.47. The molecule has 0 spiro atoms. The number of hydrogen-bond donors (Lipinski definition) is 3.